The number of urea groups is 1. The van der Waals surface area contributed by atoms with Gasteiger partial charge in [0.25, 0.3) is 36.0 Å². The van der Waals surface area contributed by atoms with Gasteiger partial charge in [-0.25, -0.2) is 4.79 Å². The molecular formula is C19H17N7O12S3. The van der Waals surface area contributed by atoms with Crippen LogP contribution in [0.15, 0.2) is 73.4 Å². The summed E-state index contributed by atoms with van der Waals surface area (Å²) in [7, 11) is -15.7. The Morgan fingerprint density at radius 1 is 0.805 bits per heavy atom. The molecule has 19 nitrogen and oxygen atoms in total. The molecule has 0 saturated carbocycles. The predicted molar refractivity (Wildman–Crippen MR) is 141 cm³/mol. The molecule has 22 heteroatoms. The van der Waals surface area contributed by atoms with Gasteiger partial charge in [0.15, 0.2) is 0 Å². The van der Waals surface area contributed by atoms with E-state index in [1.807, 2.05) is 0 Å². The Hall–Kier alpha value is -4.74. The van der Waals surface area contributed by atoms with Gasteiger partial charge in [0.2, 0.25) is 0 Å². The van der Waals surface area contributed by atoms with Gasteiger partial charge in [0, 0.05) is 17.8 Å². The molecule has 0 aromatic heterocycles. The fourth-order valence-corrected chi connectivity index (χ4v) is 5.19. The summed E-state index contributed by atoms with van der Waals surface area (Å²) in [6.45, 7) is 0. The number of nitro groups is 1. The third-order valence-corrected chi connectivity index (χ3v) is 7.54. The lowest BCUT2D eigenvalue weighted by Crippen LogP contribution is -2.19. The van der Waals surface area contributed by atoms with Crippen LogP contribution < -0.4 is 22.1 Å². The van der Waals surface area contributed by atoms with Gasteiger partial charge in [-0.1, -0.05) is 0 Å². The number of benzene rings is 3. The van der Waals surface area contributed by atoms with E-state index in [0.717, 1.165) is 12.1 Å². The first kappa shape index (κ1) is 30.8. The van der Waals surface area contributed by atoms with Crippen molar-refractivity contribution in [3.05, 3.63) is 58.6 Å². The lowest BCUT2D eigenvalue weighted by molar-refractivity contribution is -0.385. The lowest BCUT2D eigenvalue weighted by Gasteiger charge is -2.15. The topological polar surface area (TPSA) is 324 Å². The maximum atomic E-state index is 12.4. The van der Waals surface area contributed by atoms with Gasteiger partial charge in [0.1, 0.15) is 21.2 Å². The Kier molecular flexibility index (Phi) is 8.28. The molecule has 0 spiro atoms. The van der Waals surface area contributed by atoms with Gasteiger partial charge in [0.05, 0.1) is 26.9 Å². The van der Waals surface area contributed by atoms with Crippen molar-refractivity contribution in [1.82, 2.24) is 0 Å². The van der Waals surface area contributed by atoms with Crippen LogP contribution in [0.3, 0.4) is 0 Å². The monoisotopic (exact) mass is 631 g/mol. The van der Waals surface area contributed by atoms with Crippen molar-refractivity contribution >= 4 is 76.2 Å². The number of rotatable bonds is 9. The van der Waals surface area contributed by atoms with Crippen LogP contribution >= 0.6 is 0 Å². The molecule has 218 valence electrons. The largest absolute Gasteiger partial charge is 0.399 e. The van der Waals surface area contributed by atoms with Crippen molar-refractivity contribution in [3.63, 3.8) is 0 Å². The van der Waals surface area contributed by atoms with E-state index < -0.39 is 78.7 Å². The third kappa shape index (κ3) is 7.47. The molecule has 3 aromatic rings. The highest BCUT2D eigenvalue weighted by Gasteiger charge is 2.28. The summed E-state index contributed by atoms with van der Waals surface area (Å²) < 4.78 is 102. The zero-order valence-corrected chi connectivity index (χ0v) is 22.3. The van der Waals surface area contributed by atoms with Crippen molar-refractivity contribution in [2.24, 2.45) is 16.0 Å². The summed E-state index contributed by atoms with van der Waals surface area (Å²) in [4.78, 5) is 18.0. The molecule has 0 bridgehead atoms. The molecule has 0 heterocycles. The highest BCUT2D eigenvalue weighted by atomic mass is 32.2. The lowest BCUT2D eigenvalue weighted by atomic mass is 10.2. The molecule has 3 aromatic carbocycles. The van der Waals surface area contributed by atoms with Crippen LogP contribution in [0.1, 0.15) is 0 Å². The highest BCUT2D eigenvalue weighted by Crippen LogP contribution is 2.39. The van der Waals surface area contributed by atoms with E-state index in [4.69, 9.17) is 11.5 Å². The van der Waals surface area contributed by atoms with Crippen LogP contribution in [0.25, 0.3) is 0 Å². The highest BCUT2D eigenvalue weighted by molar-refractivity contribution is 7.86. The molecule has 2 amide bonds. The zero-order chi connectivity index (χ0) is 30.9. The number of nitrogen functional groups attached to an aromatic ring is 1. The number of carbonyl (C=O) groups excluding carboxylic acids is 1. The molecule has 0 aliphatic carbocycles. The summed E-state index contributed by atoms with van der Waals surface area (Å²) >= 11 is 0. The second-order valence-corrected chi connectivity index (χ2v) is 11.9. The summed E-state index contributed by atoms with van der Waals surface area (Å²) in [6, 6.07) is 5.44. The fourth-order valence-electron chi connectivity index (χ4n) is 3.24. The SMILES string of the molecule is NC(=O)Nc1cc(N)ccc1N=Nc1cc(S(=O)(=O)O)cc(Nc2ccc([N+](=O)[O-])cc2S(=O)(=O)O)c1S(=O)(=O)O. The zero-order valence-electron chi connectivity index (χ0n) is 19.9. The predicted octanol–water partition coefficient (Wildman–Crippen LogP) is 2.57. The van der Waals surface area contributed by atoms with E-state index in [0.29, 0.717) is 18.2 Å². The van der Waals surface area contributed by atoms with Crippen LogP contribution in [0, 0.1) is 10.1 Å². The minimum Gasteiger partial charge on any atom is -0.399 e. The Morgan fingerprint density at radius 3 is 1.98 bits per heavy atom. The number of nitrogens with two attached hydrogens (primary N) is 2. The number of nitrogens with one attached hydrogen (secondary N) is 2. The standard InChI is InChI=1S/C19H17N7O12S3/c20-9-1-3-12(14(5-9)23-19(21)27)24-25-16-8-11(39(30,31)32)7-15(18(16)41(36,37)38)22-13-4-2-10(26(28)29)6-17(13)40(33,34)35/h1-8,22H,20H2,(H3,21,23,27)(H,30,31,32)(H,33,34,35)(H,36,37,38). The molecule has 0 unspecified atom stereocenters. The molecule has 0 fully saturated rings. The Morgan fingerprint density at radius 2 is 1.44 bits per heavy atom. The first-order valence-corrected chi connectivity index (χ1v) is 14.6. The Labute approximate surface area is 230 Å². The van der Waals surface area contributed by atoms with Crippen molar-refractivity contribution in [1.29, 1.82) is 0 Å². The van der Waals surface area contributed by atoms with E-state index in [1.165, 1.54) is 18.2 Å². The average Bonchev–Trinajstić information content (AvgIpc) is 2.81. The maximum absolute atomic E-state index is 12.4. The number of nitrogens with zero attached hydrogens (tertiary/aromatic N) is 3. The van der Waals surface area contributed by atoms with Crippen LogP contribution in [0.5, 0.6) is 0 Å². The molecule has 9 N–H and O–H groups in total. The van der Waals surface area contributed by atoms with Crippen LogP contribution in [0.4, 0.5) is 44.6 Å². The molecule has 0 atom stereocenters. The first-order valence-electron chi connectivity index (χ1n) is 10.3. The van der Waals surface area contributed by atoms with E-state index in [2.05, 4.69) is 20.9 Å². The molecule has 41 heavy (non-hydrogen) atoms. The number of nitro benzene ring substituents is 1. The Bertz CT molecular complexity index is 1940. The van der Waals surface area contributed by atoms with E-state index in [-0.39, 0.29) is 17.1 Å². The normalized spacial score (nSPS) is 12.3. The molecule has 0 radical (unpaired) electrons. The molecule has 3 rings (SSSR count). The molecule has 0 aliphatic heterocycles. The van der Waals surface area contributed by atoms with Crippen LogP contribution in [-0.2, 0) is 30.4 Å². The second kappa shape index (κ2) is 11.0. The van der Waals surface area contributed by atoms with Gasteiger partial charge in [-0.15, -0.1) is 10.2 Å². The van der Waals surface area contributed by atoms with Crippen molar-refractivity contribution < 1.29 is 48.6 Å². The summed E-state index contributed by atoms with van der Waals surface area (Å²) in [5, 5.41) is 22.7. The smallest absolute Gasteiger partial charge is 0.316 e. The Balaban J connectivity index is 2.33. The van der Waals surface area contributed by atoms with Gasteiger partial charge in [-0.3, -0.25) is 23.8 Å². The number of anilines is 4. The van der Waals surface area contributed by atoms with Gasteiger partial charge < -0.3 is 22.1 Å². The van der Waals surface area contributed by atoms with Gasteiger partial charge in [-0.05, 0) is 36.4 Å². The van der Waals surface area contributed by atoms with Gasteiger partial charge >= 0.3 is 6.03 Å². The summed E-state index contributed by atoms with van der Waals surface area (Å²) in [5.41, 5.74) is 7.15. The van der Waals surface area contributed by atoms with Crippen molar-refractivity contribution in [2.45, 2.75) is 14.7 Å². The summed E-state index contributed by atoms with van der Waals surface area (Å²) in [5.74, 6) is 0. The molecule has 0 saturated heterocycles. The minimum absolute atomic E-state index is 0.123. The number of amides is 2. The van der Waals surface area contributed by atoms with E-state index >= 15 is 0 Å². The number of non-ortho nitro benzene ring substituents is 1. The number of primary amides is 1. The minimum atomic E-state index is -5.38. The number of hydrogen-bond acceptors (Lipinski definition) is 13. The van der Waals surface area contributed by atoms with Gasteiger partial charge in [-0.2, -0.15) is 25.3 Å². The van der Waals surface area contributed by atoms with E-state index in [1.54, 1.807) is 0 Å². The molecular weight excluding hydrogens is 614 g/mol. The second-order valence-electron chi connectivity index (χ2n) is 7.77. The van der Waals surface area contributed by atoms with Crippen LogP contribution in [-0.4, -0.2) is 49.9 Å². The fraction of sp³-hybridized carbons (Fsp3) is 0. The summed E-state index contributed by atoms with van der Waals surface area (Å²) in [6.07, 6.45) is 0. The van der Waals surface area contributed by atoms with Crippen molar-refractivity contribution in [2.75, 3.05) is 16.4 Å². The van der Waals surface area contributed by atoms with Crippen molar-refractivity contribution in [3.8, 4) is 0 Å². The molecule has 0 aliphatic rings. The average molecular weight is 632 g/mol. The number of hydrogen-bond donors (Lipinski definition) is 7. The third-order valence-electron chi connectivity index (χ3n) is 4.87. The maximum Gasteiger partial charge on any atom is 0.316 e. The van der Waals surface area contributed by atoms with E-state index in [9.17, 15) is 53.8 Å². The number of azo groups is 1. The first-order chi connectivity index (χ1) is 18.8. The number of carbonyl (C=O) groups is 1. The van der Waals surface area contributed by atoms with Crippen LogP contribution in [0.2, 0.25) is 0 Å². The quantitative estimate of drug-likeness (QED) is 0.0586.